The fourth-order valence-electron chi connectivity index (χ4n) is 3.72. The molecule has 156 valence electrons. The van der Waals surface area contributed by atoms with Crippen LogP contribution in [0.5, 0.6) is 0 Å². The summed E-state index contributed by atoms with van der Waals surface area (Å²) in [6.07, 6.45) is 3.07. The van der Waals surface area contributed by atoms with Gasteiger partial charge in [0.05, 0.1) is 18.1 Å². The first-order chi connectivity index (χ1) is 13.8. The van der Waals surface area contributed by atoms with Crippen molar-refractivity contribution in [3.05, 3.63) is 45.4 Å². The van der Waals surface area contributed by atoms with Crippen LogP contribution in [0.2, 0.25) is 0 Å². The molecule has 1 aliphatic heterocycles. The zero-order valence-electron chi connectivity index (χ0n) is 16.1. The van der Waals surface area contributed by atoms with Gasteiger partial charge in [-0.1, -0.05) is 6.92 Å². The summed E-state index contributed by atoms with van der Waals surface area (Å²) in [5, 5.41) is 2.72. The van der Waals surface area contributed by atoms with Crippen LogP contribution in [0.4, 0.5) is 10.1 Å². The number of halogens is 1. The molecular formula is C20H23FN2O4S2. The number of benzene rings is 1. The van der Waals surface area contributed by atoms with Crippen LogP contribution in [0.1, 0.15) is 33.5 Å². The molecule has 1 atom stereocenters. The number of carbonyl (C=O) groups is 1. The maximum absolute atomic E-state index is 14.3. The molecule has 2 aliphatic rings. The lowest BCUT2D eigenvalue weighted by atomic mass is 9.90. The van der Waals surface area contributed by atoms with E-state index in [-0.39, 0.29) is 37.9 Å². The molecule has 1 saturated heterocycles. The number of sulfonamides is 1. The van der Waals surface area contributed by atoms with Crippen molar-refractivity contribution >= 4 is 33.0 Å². The van der Waals surface area contributed by atoms with Crippen LogP contribution in [0.3, 0.4) is 0 Å². The topological polar surface area (TPSA) is 75.7 Å². The molecule has 0 bridgehead atoms. The van der Waals surface area contributed by atoms with Crippen LogP contribution in [-0.2, 0) is 27.6 Å². The average molecular weight is 439 g/mol. The number of hydrogen-bond acceptors (Lipinski definition) is 5. The number of morpholine rings is 1. The van der Waals surface area contributed by atoms with Crippen molar-refractivity contribution in [2.75, 3.05) is 31.6 Å². The lowest BCUT2D eigenvalue weighted by molar-refractivity contribution is 0.0729. The van der Waals surface area contributed by atoms with E-state index in [1.54, 1.807) is 0 Å². The summed E-state index contributed by atoms with van der Waals surface area (Å²) in [7, 11) is -3.99. The molecule has 9 heteroatoms. The number of carbonyl (C=O) groups excluding carboxylic acids is 1. The Morgan fingerprint density at radius 1 is 1.28 bits per heavy atom. The SMILES string of the molecule is C[C@@H]1CCc2sc(C(=O)Nc3ccc(F)c(S(=O)(=O)N4CCOCC4)c3)cc2C1. The van der Waals surface area contributed by atoms with E-state index in [2.05, 4.69) is 12.2 Å². The Kier molecular flexibility index (Phi) is 5.74. The zero-order chi connectivity index (χ0) is 20.6. The monoisotopic (exact) mass is 438 g/mol. The Morgan fingerprint density at radius 2 is 2.03 bits per heavy atom. The smallest absolute Gasteiger partial charge is 0.265 e. The molecule has 0 radical (unpaired) electrons. The van der Waals surface area contributed by atoms with Gasteiger partial charge >= 0.3 is 0 Å². The number of anilines is 1. The molecule has 2 heterocycles. The first-order valence-corrected chi connectivity index (χ1v) is 11.9. The number of hydrogen-bond donors (Lipinski definition) is 1. The van der Waals surface area contributed by atoms with E-state index in [9.17, 15) is 17.6 Å². The first kappa shape index (κ1) is 20.5. The highest BCUT2D eigenvalue weighted by Crippen LogP contribution is 2.33. The van der Waals surface area contributed by atoms with Gasteiger partial charge < -0.3 is 10.1 Å². The molecule has 6 nitrogen and oxygen atoms in total. The lowest BCUT2D eigenvalue weighted by Crippen LogP contribution is -2.40. The molecule has 0 unspecified atom stereocenters. The van der Waals surface area contributed by atoms with Crippen LogP contribution in [0, 0.1) is 11.7 Å². The standard InChI is InChI=1S/C20H23FN2O4S2/c1-13-2-5-17-14(10-13)11-18(28-17)20(24)22-15-3-4-16(21)19(12-15)29(25,26)23-6-8-27-9-7-23/h3-4,11-13H,2,5-10H2,1H3,(H,22,24)/t13-/m1/s1. The van der Waals surface area contributed by atoms with Gasteiger partial charge in [0.1, 0.15) is 10.7 Å². The highest BCUT2D eigenvalue weighted by molar-refractivity contribution is 7.89. The summed E-state index contributed by atoms with van der Waals surface area (Å²) in [5.41, 5.74) is 1.47. The van der Waals surface area contributed by atoms with Crippen molar-refractivity contribution in [2.45, 2.75) is 31.1 Å². The van der Waals surface area contributed by atoms with Crippen LogP contribution >= 0.6 is 11.3 Å². The normalized spacial score (nSPS) is 20.3. The number of aryl methyl sites for hydroxylation is 1. The van der Waals surface area contributed by atoms with Crippen LogP contribution in [0.15, 0.2) is 29.2 Å². The highest BCUT2D eigenvalue weighted by atomic mass is 32.2. The number of amides is 1. The summed E-state index contributed by atoms with van der Waals surface area (Å²) in [5.74, 6) is -0.536. The average Bonchev–Trinajstić information content (AvgIpc) is 3.13. The second-order valence-corrected chi connectivity index (χ2v) is 10.6. The second kappa shape index (κ2) is 8.14. The summed E-state index contributed by atoms with van der Waals surface area (Å²) >= 11 is 1.47. The molecule has 1 aromatic carbocycles. The predicted octanol–water partition coefficient (Wildman–Crippen LogP) is 3.29. The van der Waals surface area contributed by atoms with Gasteiger partial charge in [-0.2, -0.15) is 4.31 Å². The van der Waals surface area contributed by atoms with Crippen LogP contribution < -0.4 is 5.32 Å². The molecule has 29 heavy (non-hydrogen) atoms. The van der Waals surface area contributed by atoms with E-state index < -0.39 is 20.7 Å². The van der Waals surface area contributed by atoms with E-state index >= 15 is 0 Å². The van der Waals surface area contributed by atoms with Gasteiger partial charge in [-0.3, -0.25) is 4.79 Å². The third kappa shape index (κ3) is 4.23. The Morgan fingerprint density at radius 3 is 2.79 bits per heavy atom. The Hall–Kier alpha value is -1.81. The number of ether oxygens (including phenoxy) is 1. The van der Waals surface area contributed by atoms with Crippen molar-refractivity contribution in [3.63, 3.8) is 0 Å². The zero-order valence-corrected chi connectivity index (χ0v) is 17.7. The summed E-state index contributed by atoms with van der Waals surface area (Å²) < 4.78 is 46.3. The molecule has 1 fully saturated rings. The van der Waals surface area contributed by atoms with Crippen molar-refractivity contribution in [2.24, 2.45) is 5.92 Å². The van der Waals surface area contributed by atoms with Gasteiger partial charge in [0, 0.05) is 23.7 Å². The Balaban J connectivity index is 1.55. The minimum absolute atomic E-state index is 0.178. The molecule has 1 aromatic heterocycles. The number of nitrogens with one attached hydrogen (secondary N) is 1. The van der Waals surface area contributed by atoms with E-state index in [0.717, 1.165) is 25.3 Å². The largest absolute Gasteiger partial charge is 0.379 e. The maximum atomic E-state index is 14.3. The van der Waals surface area contributed by atoms with Crippen LogP contribution in [0.25, 0.3) is 0 Å². The van der Waals surface area contributed by atoms with Crippen LogP contribution in [-0.4, -0.2) is 44.9 Å². The van der Waals surface area contributed by atoms with Crippen molar-refractivity contribution in [1.29, 1.82) is 0 Å². The molecule has 4 rings (SSSR count). The summed E-state index contributed by atoms with van der Waals surface area (Å²) in [6.45, 7) is 3.11. The molecule has 1 N–H and O–H groups in total. The summed E-state index contributed by atoms with van der Waals surface area (Å²) in [4.78, 5) is 14.1. The van der Waals surface area contributed by atoms with Gasteiger partial charge in [0.25, 0.3) is 5.91 Å². The second-order valence-electron chi connectivity index (χ2n) is 7.52. The van der Waals surface area contributed by atoms with Gasteiger partial charge in [-0.15, -0.1) is 11.3 Å². The molecule has 1 amide bonds. The fourth-order valence-corrected chi connectivity index (χ4v) is 6.32. The van der Waals surface area contributed by atoms with E-state index in [4.69, 9.17) is 4.74 Å². The van der Waals surface area contributed by atoms with E-state index in [0.29, 0.717) is 10.8 Å². The van der Waals surface area contributed by atoms with Crippen molar-refractivity contribution in [3.8, 4) is 0 Å². The minimum atomic E-state index is -3.99. The van der Waals surface area contributed by atoms with E-state index in [1.165, 1.54) is 38.2 Å². The predicted molar refractivity (Wildman–Crippen MR) is 109 cm³/mol. The van der Waals surface area contributed by atoms with Crippen molar-refractivity contribution in [1.82, 2.24) is 4.31 Å². The van der Waals surface area contributed by atoms with Crippen molar-refractivity contribution < 1.29 is 22.3 Å². The van der Waals surface area contributed by atoms with Gasteiger partial charge in [0.15, 0.2) is 0 Å². The molecular weight excluding hydrogens is 415 g/mol. The highest BCUT2D eigenvalue weighted by Gasteiger charge is 2.29. The Bertz CT molecular complexity index is 1030. The lowest BCUT2D eigenvalue weighted by Gasteiger charge is -2.26. The third-order valence-corrected chi connectivity index (χ3v) is 8.48. The Labute approximate surface area is 173 Å². The molecule has 0 spiro atoms. The number of rotatable bonds is 4. The molecule has 0 saturated carbocycles. The fraction of sp³-hybridized carbons (Fsp3) is 0.450. The molecule has 1 aliphatic carbocycles. The minimum Gasteiger partial charge on any atom is -0.379 e. The van der Waals surface area contributed by atoms with E-state index in [1.807, 2.05) is 6.07 Å². The quantitative estimate of drug-likeness (QED) is 0.795. The maximum Gasteiger partial charge on any atom is 0.265 e. The third-order valence-electron chi connectivity index (χ3n) is 5.33. The number of fused-ring (bicyclic) bond motifs is 1. The van der Waals surface area contributed by atoms with Gasteiger partial charge in [0.2, 0.25) is 10.0 Å². The number of thiophene rings is 1. The van der Waals surface area contributed by atoms with Gasteiger partial charge in [-0.25, -0.2) is 12.8 Å². The number of nitrogens with zero attached hydrogens (tertiary/aromatic N) is 1. The first-order valence-electron chi connectivity index (χ1n) is 9.65. The summed E-state index contributed by atoms with van der Waals surface area (Å²) in [6, 6.07) is 5.55. The van der Waals surface area contributed by atoms with Gasteiger partial charge in [-0.05, 0) is 55.0 Å². The molecule has 2 aromatic rings.